The highest BCUT2D eigenvalue weighted by atomic mass is 19.4. The summed E-state index contributed by atoms with van der Waals surface area (Å²) < 4.78 is 125. The van der Waals surface area contributed by atoms with Gasteiger partial charge in [-0.05, 0) is 79.1 Å². The van der Waals surface area contributed by atoms with E-state index in [4.69, 9.17) is 4.74 Å². The van der Waals surface area contributed by atoms with Gasteiger partial charge in [-0.1, -0.05) is 6.92 Å². The number of ether oxygens (including phenoxy) is 1. The molecule has 0 radical (unpaired) electrons. The van der Waals surface area contributed by atoms with E-state index in [1.165, 1.54) is 4.90 Å². The molecule has 14 heteroatoms. The lowest BCUT2D eigenvalue weighted by molar-refractivity contribution is -0.143. The Morgan fingerprint density at radius 1 is 0.878 bits per heavy atom. The second-order valence-electron chi connectivity index (χ2n) is 10.1. The fraction of sp³-hybridized carbons (Fsp3) is 0.481. The molecular weight excluding hydrogens is 571 g/mol. The zero-order chi connectivity index (χ0) is 30.3. The summed E-state index contributed by atoms with van der Waals surface area (Å²) in [5.41, 5.74) is -4.82. The largest absolute Gasteiger partial charge is 0.449 e. The maximum absolute atomic E-state index is 13.6. The number of alkyl halides is 9. The number of rotatable bonds is 6. The van der Waals surface area contributed by atoms with Crippen LogP contribution in [0.1, 0.15) is 66.5 Å². The first-order valence-electron chi connectivity index (χ1n) is 12.7. The van der Waals surface area contributed by atoms with Crippen molar-refractivity contribution in [1.29, 1.82) is 0 Å². The van der Waals surface area contributed by atoms with Gasteiger partial charge in [-0.25, -0.2) is 4.79 Å². The minimum Gasteiger partial charge on any atom is -0.449 e. The number of hydrogen-bond donors (Lipinski definition) is 1. The fourth-order valence-corrected chi connectivity index (χ4v) is 4.95. The van der Waals surface area contributed by atoms with Crippen molar-refractivity contribution >= 4 is 17.7 Å². The van der Waals surface area contributed by atoms with Crippen LogP contribution in [0.15, 0.2) is 36.4 Å². The molecule has 1 heterocycles. The number of hydrogen-bond acceptors (Lipinski definition) is 3. The van der Waals surface area contributed by atoms with Crippen molar-refractivity contribution in [3.63, 3.8) is 0 Å². The van der Waals surface area contributed by atoms with Crippen LogP contribution in [0.3, 0.4) is 0 Å². The van der Waals surface area contributed by atoms with Gasteiger partial charge in [0.05, 0.1) is 41.4 Å². The molecule has 2 aromatic rings. The summed E-state index contributed by atoms with van der Waals surface area (Å²) in [5.74, 6) is -1.03. The van der Waals surface area contributed by atoms with Crippen LogP contribution in [0, 0.1) is 5.92 Å². The Labute approximate surface area is 228 Å². The molecule has 224 valence electrons. The summed E-state index contributed by atoms with van der Waals surface area (Å²) in [6, 6.07) is 1.77. The predicted molar refractivity (Wildman–Crippen MR) is 128 cm³/mol. The van der Waals surface area contributed by atoms with Crippen molar-refractivity contribution in [2.45, 2.75) is 69.6 Å². The quantitative estimate of drug-likeness (QED) is 0.348. The van der Waals surface area contributed by atoms with Crippen molar-refractivity contribution in [2.24, 2.45) is 5.92 Å². The SMILES string of the molecule is CCCOC(=O)N1c2ccc(C(F)(F)F)cc2[C@@H](NC(=O)Cc2cc(C(F)(F)F)cc(C(F)(F)F)c2)C[C@H]1C1CC1. The van der Waals surface area contributed by atoms with E-state index >= 15 is 0 Å². The summed E-state index contributed by atoms with van der Waals surface area (Å²) in [6.45, 7) is 1.83. The number of nitrogens with zero attached hydrogens (tertiary/aromatic N) is 1. The smallest absolute Gasteiger partial charge is 0.416 e. The Bertz CT molecular complexity index is 1270. The summed E-state index contributed by atoms with van der Waals surface area (Å²) in [7, 11) is 0. The van der Waals surface area contributed by atoms with E-state index in [9.17, 15) is 49.1 Å². The van der Waals surface area contributed by atoms with Gasteiger partial charge < -0.3 is 10.1 Å². The monoisotopic (exact) mass is 596 g/mol. The number of anilines is 1. The third-order valence-corrected chi connectivity index (χ3v) is 6.94. The molecule has 1 N–H and O–H groups in total. The van der Waals surface area contributed by atoms with Gasteiger partial charge in [0.2, 0.25) is 5.91 Å². The Balaban J connectivity index is 1.68. The number of benzene rings is 2. The average Bonchev–Trinajstić information content (AvgIpc) is 3.70. The van der Waals surface area contributed by atoms with Gasteiger partial charge in [-0.3, -0.25) is 9.69 Å². The Morgan fingerprint density at radius 2 is 1.46 bits per heavy atom. The van der Waals surface area contributed by atoms with E-state index < -0.39 is 71.3 Å². The highest BCUT2D eigenvalue weighted by Gasteiger charge is 2.46. The molecule has 0 spiro atoms. The first kappa shape index (κ1) is 30.5. The third kappa shape index (κ3) is 7.07. The summed E-state index contributed by atoms with van der Waals surface area (Å²) in [5, 5.41) is 2.49. The number of nitrogens with one attached hydrogen (secondary N) is 1. The van der Waals surface area contributed by atoms with Gasteiger partial charge in [0, 0.05) is 6.04 Å². The summed E-state index contributed by atoms with van der Waals surface area (Å²) in [4.78, 5) is 27.2. The van der Waals surface area contributed by atoms with Crippen molar-refractivity contribution in [1.82, 2.24) is 5.32 Å². The second kappa shape index (κ2) is 11.1. The molecule has 0 aromatic heterocycles. The lowest BCUT2D eigenvalue weighted by Crippen LogP contribution is -2.49. The number of carbonyl (C=O) groups is 2. The van der Waals surface area contributed by atoms with E-state index in [2.05, 4.69) is 5.32 Å². The van der Waals surface area contributed by atoms with Gasteiger partial charge >= 0.3 is 24.6 Å². The molecule has 0 saturated heterocycles. The van der Waals surface area contributed by atoms with Crippen molar-refractivity contribution < 1.29 is 53.8 Å². The molecule has 1 aliphatic carbocycles. The Hall–Kier alpha value is -3.45. The van der Waals surface area contributed by atoms with E-state index in [0.29, 0.717) is 31.4 Å². The maximum Gasteiger partial charge on any atom is 0.416 e. The van der Waals surface area contributed by atoms with Crippen LogP contribution in [0.5, 0.6) is 0 Å². The van der Waals surface area contributed by atoms with Gasteiger partial charge in [0.15, 0.2) is 0 Å². The fourth-order valence-electron chi connectivity index (χ4n) is 4.95. The van der Waals surface area contributed by atoms with E-state index in [1.54, 1.807) is 6.92 Å². The molecule has 2 amide bonds. The van der Waals surface area contributed by atoms with Gasteiger partial charge in [-0.15, -0.1) is 0 Å². The summed E-state index contributed by atoms with van der Waals surface area (Å²) >= 11 is 0. The van der Waals surface area contributed by atoms with E-state index in [0.717, 1.165) is 18.2 Å². The molecule has 2 aromatic carbocycles. The second-order valence-corrected chi connectivity index (χ2v) is 10.1. The molecule has 2 atom stereocenters. The first-order chi connectivity index (χ1) is 19.0. The van der Waals surface area contributed by atoms with Crippen molar-refractivity contribution in [3.8, 4) is 0 Å². The maximum atomic E-state index is 13.6. The van der Waals surface area contributed by atoms with Crippen molar-refractivity contribution in [2.75, 3.05) is 11.5 Å². The van der Waals surface area contributed by atoms with Crippen LogP contribution in [0.4, 0.5) is 50.0 Å². The van der Waals surface area contributed by atoms with Gasteiger partial charge in [-0.2, -0.15) is 39.5 Å². The molecule has 1 fully saturated rings. The van der Waals surface area contributed by atoms with Crippen LogP contribution in [-0.4, -0.2) is 24.6 Å². The number of amides is 2. The Kier molecular flexibility index (Phi) is 8.25. The normalized spacial score (nSPS) is 19.5. The predicted octanol–water partition coefficient (Wildman–Crippen LogP) is 7.68. The number of fused-ring (bicyclic) bond motifs is 1. The van der Waals surface area contributed by atoms with Crippen LogP contribution in [0.25, 0.3) is 0 Å². The molecule has 1 aliphatic heterocycles. The van der Waals surface area contributed by atoms with Crippen LogP contribution < -0.4 is 10.2 Å². The zero-order valence-corrected chi connectivity index (χ0v) is 21.5. The summed E-state index contributed by atoms with van der Waals surface area (Å²) in [6.07, 6.45) is -14.8. The topological polar surface area (TPSA) is 58.6 Å². The number of carbonyl (C=O) groups excluding carboxylic acids is 2. The highest BCUT2D eigenvalue weighted by Crippen LogP contribution is 2.48. The highest BCUT2D eigenvalue weighted by molar-refractivity contribution is 5.91. The van der Waals surface area contributed by atoms with Crippen LogP contribution in [0.2, 0.25) is 0 Å². The first-order valence-corrected chi connectivity index (χ1v) is 12.7. The van der Waals surface area contributed by atoms with Gasteiger partial charge in [0.1, 0.15) is 0 Å². The lowest BCUT2D eigenvalue weighted by atomic mass is 9.87. The molecule has 4 rings (SSSR count). The van der Waals surface area contributed by atoms with E-state index in [1.807, 2.05) is 0 Å². The standard InChI is InChI=1S/C27H25F9N2O3/c1-2-7-41-24(40)38-21-6-5-16(25(28,29)30)12-19(21)20(13-22(38)15-3-4-15)37-23(39)10-14-8-17(26(31,32)33)11-18(9-14)27(34,35)36/h5-6,8-9,11-12,15,20,22H,2-4,7,10,13H2,1H3,(H,37,39)/t20-,22-/m0/s1. The molecule has 0 unspecified atom stereocenters. The minimum atomic E-state index is -5.11. The average molecular weight is 596 g/mol. The minimum absolute atomic E-state index is 0.0255. The molecule has 5 nitrogen and oxygen atoms in total. The molecule has 2 aliphatic rings. The van der Waals surface area contributed by atoms with Crippen molar-refractivity contribution in [3.05, 3.63) is 64.2 Å². The molecule has 1 saturated carbocycles. The number of halogens is 9. The van der Waals surface area contributed by atoms with Crippen LogP contribution >= 0.6 is 0 Å². The zero-order valence-electron chi connectivity index (χ0n) is 21.5. The van der Waals surface area contributed by atoms with Crippen LogP contribution in [-0.2, 0) is 34.5 Å². The third-order valence-electron chi connectivity index (χ3n) is 6.94. The van der Waals surface area contributed by atoms with E-state index in [-0.39, 0.29) is 36.3 Å². The molecular formula is C27H25F9N2O3. The molecule has 41 heavy (non-hydrogen) atoms. The van der Waals surface area contributed by atoms with Gasteiger partial charge in [0.25, 0.3) is 0 Å². The Morgan fingerprint density at radius 3 is 1.98 bits per heavy atom. The molecule has 0 bridgehead atoms. The lowest BCUT2D eigenvalue weighted by Gasteiger charge is -2.41.